The zero-order valence-corrected chi connectivity index (χ0v) is 12.9. The topological polar surface area (TPSA) is 55.1 Å². The molecule has 0 unspecified atom stereocenters. The van der Waals surface area contributed by atoms with Crippen molar-refractivity contribution in [2.45, 2.75) is 6.92 Å². The van der Waals surface area contributed by atoms with E-state index in [4.69, 9.17) is 17.3 Å². The Labute approximate surface area is 131 Å². The first kappa shape index (κ1) is 13.9. The molecule has 1 aromatic heterocycles. The van der Waals surface area contributed by atoms with Crippen LogP contribution in [0.25, 0.3) is 10.1 Å². The van der Waals surface area contributed by atoms with Crippen LogP contribution < -0.4 is 11.1 Å². The van der Waals surface area contributed by atoms with Crippen molar-refractivity contribution in [2.24, 2.45) is 0 Å². The molecule has 0 aliphatic rings. The molecule has 0 radical (unpaired) electrons. The number of carbonyl (C=O) groups is 1. The Morgan fingerprint density at radius 2 is 1.95 bits per heavy atom. The van der Waals surface area contributed by atoms with E-state index in [1.165, 1.54) is 11.3 Å². The van der Waals surface area contributed by atoms with Gasteiger partial charge < -0.3 is 11.1 Å². The van der Waals surface area contributed by atoms with Gasteiger partial charge in [0.05, 0.1) is 5.69 Å². The van der Waals surface area contributed by atoms with E-state index >= 15 is 0 Å². The van der Waals surface area contributed by atoms with Crippen LogP contribution in [0, 0.1) is 6.92 Å². The van der Waals surface area contributed by atoms with Gasteiger partial charge in [0.1, 0.15) is 4.88 Å². The number of nitrogens with one attached hydrogen (secondary N) is 1. The molecule has 3 aromatic rings. The Balaban J connectivity index is 1.97. The number of thiophene rings is 1. The number of hydrogen-bond acceptors (Lipinski definition) is 3. The molecule has 1 amide bonds. The summed E-state index contributed by atoms with van der Waals surface area (Å²) in [4.78, 5) is 13.0. The summed E-state index contributed by atoms with van der Waals surface area (Å²) in [5, 5.41) is 4.41. The first-order valence-corrected chi connectivity index (χ1v) is 7.61. The van der Waals surface area contributed by atoms with Gasteiger partial charge in [0.2, 0.25) is 0 Å². The molecule has 0 aliphatic carbocycles. The summed E-state index contributed by atoms with van der Waals surface area (Å²) in [5.74, 6) is -0.209. The van der Waals surface area contributed by atoms with Crippen LogP contribution >= 0.6 is 22.9 Å². The van der Waals surface area contributed by atoms with E-state index in [1.54, 1.807) is 12.1 Å². The van der Waals surface area contributed by atoms with Crippen molar-refractivity contribution in [1.82, 2.24) is 0 Å². The smallest absolute Gasteiger partial charge is 0.267 e. The Bertz CT molecular complexity index is 841. The number of benzene rings is 2. The minimum absolute atomic E-state index is 0.209. The average molecular weight is 317 g/mol. The van der Waals surface area contributed by atoms with Crippen molar-refractivity contribution < 1.29 is 4.79 Å². The van der Waals surface area contributed by atoms with Crippen LogP contribution in [0.3, 0.4) is 0 Å². The van der Waals surface area contributed by atoms with Gasteiger partial charge in [-0.25, -0.2) is 0 Å². The van der Waals surface area contributed by atoms with Crippen LogP contribution in [0.15, 0.2) is 42.5 Å². The quantitative estimate of drug-likeness (QED) is 0.720. The molecular weight excluding hydrogens is 304 g/mol. The van der Waals surface area contributed by atoms with E-state index in [2.05, 4.69) is 5.32 Å². The van der Waals surface area contributed by atoms with Crippen LogP contribution in [0.4, 0.5) is 11.4 Å². The van der Waals surface area contributed by atoms with Crippen LogP contribution in [0.1, 0.15) is 15.2 Å². The molecule has 3 nitrogen and oxygen atoms in total. The van der Waals surface area contributed by atoms with Gasteiger partial charge in [0, 0.05) is 20.8 Å². The highest BCUT2D eigenvalue weighted by Gasteiger charge is 2.17. The van der Waals surface area contributed by atoms with Crippen LogP contribution in [0.5, 0.6) is 0 Å². The van der Waals surface area contributed by atoms with Crippen molar-refractivity contribution in [3.63, 3.8) is 0 Å². The lowest BCUT2D eigenvalue weighted by molar-refractivity contribution is 0.103. The van der Waals surface area contributed by atoms with Gasteiger partial charge in [0.15, 0.2) is 0 Å². The number of fused-ring (bicyclic) bond motifs is 1. The van der Waals surface area contributed by atoms with Crippen LogP contribution in [-0.2, 0) is 0 Å². The summed E-state index contributed by atoms with van der Waals surface area (Å²) in [6.45, 7) is 1.87. The van der Waals surface area contributed by atoms with Crippen molar-refractivity contribution in [2.75, 3.05) is 11.1 Å². The minimum Gasteiger partial charge on any atom is -0.397 e. The van der Waals surface area contributed by atoms with Crippen LogP contribution in [-0.4, -0.2) is 5.91 Å². The molecule has 0 saturated heterocycles. The molecular formula is C16H13ClN2OS. The second-order valence-electron chi connectivity index (χ2n) is 4.71. The third-order valence-corrected chi connectivity index (χ3v) is 4.95. The molecule has 3 rings (SSSR count). The molecule has 21 heavy (non-hydrogen) atoms. The highest BCUT2D eigenvalue weighted by Crippen LogP contribution is 2.34. The largest absolute Gasteiger partial charge is 0.397 e. The number of hydrogen-bond donors (Lipinski definition) is 2. The predicted octanol–water partition coefficient (Wildman–Crippen LogP) is 4.70. The Kier molecular flexibility index (Phi) is 3.57. The number of carbonyl (C=O) groups excluding carboxylic acids is 1. The number of halogens is 1. The van der Waals surface area contributed by atoms with E-state index in [0.29, 0.717) is 21.3 Å². The maximum absolute atomic E-state index is 12.4. The van der Waals surface area contributed by atoms with E-state index in [-0.39, 0.29) is 5.91 Å². The monoisotopic (exact) mass is 316 g/mol. The molecule has 0 aliphatic heterocycles. The molecule has 3 N–H and O–H groups in total. The molecule has 0 atom stereocenters. The Morgan fingerprint density at radius 3 is 2.71 bits per heavy atom. The maximum atomic E-state index is 12.4. The number of amides is 1. The molecule has 106 valence electrons. The summed E-state index contributed by atoms with van der Waals surface area (Å²) in [7, 11) is 0. The fraction of sp³-hybridized carbons (Fsp3) is 0.0625. The third kappa shape index (κ3) is 2.48. The van der Waals surface area contributed by atoms with Crippen LogP contribution in [0.2, 0.25) is 5.02 Å². The van der Waals surface area contributed by atoms with Gasteiger partial charge in [-0.2, -0.15) is 0 Å². The first-order valence-electron chi connectivity index (χ1n) is 6.41. The molecule has 1 heterocycles. The van der Waals surface area contributed by atoms with Crippen molar-refractivity contribution in [3.8, 4) is 0 Å². The summed E-state index contributed by atoms with van der Waals surface area (Å²) in [6, 6.07) is 13.1. The van der Waals surface area contributed by atoms with E-state index < -0.39 is 0 Å². The van der Waals surface area contributed by atoms with Gasteiger partial charge >= 0.3 is 0 Å². The summed E-state index contributed by atoms with van der Waals surface area (Å²) >= 11 is 7.46. The van der Waals surface area contributed by atoms with Gasteiger partial charge in [0.25, 0.3) is 5.91 Å². The standard InChI is InChI=1S/C16H13ClN2OS/c1-9-11(17)6-4-7-12(9)19-16(20)15-14(18)10-5-2-3-8-13(10)21-15/h2-8H,18H2,1H3,(H,19,20). The number of anilines is 2. The molecule has 0 saturated carbocycles. The minimum atomic E-state index is -0.209. The van der Waals surface area contributed by atoms with Gasteiger partial charge in [-0.15, -0.1) is 11.3 Å². The lowest BCUT2D eigenvalue weighted by Gasteiger charge is -2.08. The highest BCUT2D eigenvalue weighted by atomic mass is 35.5. The molecule has 2 aromatic carbocycles. The first-order chi connectivity index (χ1) is 10.1. The number of rotatable bonds is 2. The summed E-state index contributed by atoms with van der Waals surface area (Å²) < 4.78 is 1.00. The third-order valence-electron chi connectivity index (χ3n) is 3.36. The van der Waals surface area contributed by atoms with E-state index in [9.17, 15) is 4.79 Å². The fourth-order valence-corrected chi connectivity index (χ4v) is 3.35. The maximum Gasteiger partial charge on any atom is 0.267 e. The molecule has 0 bridgehead atoms. The van der Waals surface area contributed by atoms with Crippen molar-refractivity contribution >= 4 is 50.3 Å². The number of nitrogens with two attached hydrogens (primary N) is 1. The van der Waals surface area contributed by atoms with Gasteiger partial charge in [-0.05, 0) is 30.7 Å². The zero-order chi connectivity index (χ0) is 15.0. The SMILES string of the molecule is Cc1c(Cl)cccc1NC(=O)c1sc2ccccc2c1N. The lowest BCUT2D eigenvalue weighted by atomic mass is 10.2. The second kappa shape index (κ2) is 5.39. The van der Waals surface area contributed by atoms with Crippen molar-refractivity contribution in [3.05, 3.63) is 57.9 Å². The molecule has 0 spiro atoms. The molecule has 0 fully saturated rings. The highest BCUT2D eigenvalue weighted by molar-refractivity contribution is 7.21. The Hall–Kier alpha value is -2.04. The van der Waals surface area contributed by atoms with Gasteiger partial charge in [-0.3, -0.25) is 4.79 Å². The van der Waals surface area contributed by atoms with Gasteiger partial charge in [-0.1, -0.05) is 35.9 Å². The van der Waals surface area contributed by atoms with E-state index in [1.807, 2.05) is 37.3 Å². The second-order valence-corrected chi connectivity index (χ2v) is 6.17. The molecule has 5 heteroatoms. The fourth-order valence-electron chi connectivity index (χ4n) is 2.16. The summed E-state index contributed by atoms with van der Waals surface area (Å²) in [5.41, 5.74) is 8.14. The average Bonchev–Trinajstić information content (AvgIpc) is 2.82. The normalized spacial score (nSPS) is 10.8. The van der Waals surface area contributed by atoms with Crippen molar-refractivity contribution in [1.29, 1.82) is 0 Å². The van der Waals surface area contributed by atoms with E-state index in [0.717, 1.165) is 15.6 Å². The summed E-state index contributed by atoms with van der Waals surface area (Å²) in [6.07, 6.45) is 0. The lowest BCUT2D eigenvalue weighted by Crippen LogP contribution is -2.12. The predicted molar refractivity (Wildman–Crippen MR) is 90.4 cm³/mol. The number of nitrogen functional groups attached to an aromatic ring is 1. The zero-order valence-electron chi connectivity index (χ0n) is 11.3. The Morgan fingerprint density at radius 1 is 1.19 bits per heavy atom.